The monoisotopic (exact) mass is 528 g/mol. The SMILES string of the molecule is CCN(C(=O)O)C1CN(/C(=N\C#N)Nc2cccc(OC(F)F)c2F)N=C1c1ccc(Cl)c(Cl)c1. The van der Waals surface area contributed by atoms with Crippen molar-refractivity contribution in [1.29, 1.82) is 5.26 Å². The molecular formula is C21H17Cl2F3N6O3. The van der Waals surface area contributed by atoms with E-state index < -0.39 is 30.3 Å². The molecule has 1 amide bonds. The van der Waals surface area contributed by atoms with Crippen molar-refractivity contribution in [3.05, 3.63) is 57.8 Å². The van der Waals surface area contributed by atoms with E-state index in [2.05, 4.69) is 20.1 Å². The molecule has 0 radical (unpaired) electrons. The maximum atomic E-state index is 14.7. The second-order valence-corrected chi connectivity index (χ2v) is 7.75. The summed E-state index contributed by atoms with van der Waals surface area (Å²) in [5.41, 5.74) is 0.411. The highest BCUT2D eigenvalue weighted by Crippen LogP contribution is 2.29. The summed E-state index contributed by atoms with van der Waals surface area (Å²) in [6.07, 6.45) is 0.335. The minimum Gasteiger partial charge on any atom is -0.465 e. The second kappa shape index (κ2) is 11.2. The molecule has 0 aliphatic carbocycles. The number of nitrogens with zero attached hydrogens (tertiary/aromatic N) is 5. The second-order valence-electron chi connectivity index (χ2n) is 6.94. The van der Waals surface area contributed by atoms with Gasteiger partial charge >= 0.3 is 12.7 Å². The Balaban J connectivity index is 2.01. The average molecular weight is 529 g/mol. The van der Waals surface area contributed by atoms with Gasteiger partial charge in [0, 0.05) is 12.1 Å². The van der Waals surface area contributed by atoms with Crippen molar-refractivity contribution in [2.75, 3.05) is 18.4 Å². The van der Waals surface area contributed by atoms with Gasteiger partial charge in [0.1, 0.15) is 0 Å². The zero-order valence-electron chi connectivity index (χ0n) is 17.9. The molecule has 2 aromatic carbocycles. The molecule has 0 aromatic heterocycles. The van der Waals surface area contributed by atoms with Gasteiger partial charge in [0.05, 0.1) is 34.0 Å². The number of rotatable bonds is 6. The molecule has 0 saturated carbocycles. The molecule has 184 valence electrons. The number of nitriles is 1. The van der Waals surface area contributed by atoms with E-state index in [9.17, 15) is 28.3 Å². The third kappa shape index (κ3) is 5.87. The molecule has 35 heavy (non-hydrogen) atoms. The molecule has 1 unspecified atom stereocenters. The lowest BCUT2D eigenvalue weighted by Crippen LogP contribution is -2.47. The number of alkyl halides is 2. The Bertz CT molecular complexity index is 1220. The van der Waals surface area contributed by atoms with Gasteiger partial charge in [-0.25, -0.2) is 14.2 Å². The summed E-state index contributed by atoms with van der Waals surface area (Å²) in [6, 6.07) is 7.28. The van der Waals surface area contributed by atoms with Crippen LogP contribution in [0.2, 0.25) is 10.0 Å². The van der Waals surface area contributed by atoms with Crippen LogP contribution in [0, 0.1) is 17.3 Å². The summed E-state index contributed by atoms with van der Waals surface area (Å²) in [6.45, 7) is -1.61. The smallest absolute Gasteiger partial charge is 0.407 e. The number of carboxylic acid groups (broad SMARTS) is 1. The van der Waals surface area contributed by atoms with Crippen molar-refractivity contribution in [3.63, 3.8) is 0 Å². The largest absolute Gasteiger partial charge is 0.465 e. The number of nitrogens with one attached hydrogen (secondary N) is 1. The van der Waals surface area contributed by atoms with E-state index in [0.717, 1.165) is 16.0 Å². The Morgan fingerprint density at radius 1 is 1.40 bits per heavy atom. The first-order valence-electron chi connectivity index (χ1n) is 9.94. The summed E-state index contributed by atoms with van der Waals surface area (Å²) >= 11 is 12.1. The van der Waals surface area contributed by atoms with Crippen molar-refractivity contribution >= 4 is 46.7 Å². The Labute approximate surface area is 207 Å². The fourth-order valence-corrected chi connectivity index (χ4v) is 3.67. The van der Waals surface area contributed by atoms with Gasteiger partial charge in [-0.1, -0.05) is 35.3 Å². The zero-order valence-corrected chi connectivity index (χ0v) is 19.4. The molecule has 0 spiro atoms. The molecule has 9 nitrogen and oxygen atoms in total. The number of aliphatic imine (C=N–C) groups is 1. The summed E-state index contributed by atoms with van der Waals surface area (Å²) in [7, 11) is 0. The maximum Gasteiger partial charge on any atom is 0.407 e. The zero-order chi connectivity index (χ0) is 25.7. The van der Waals surface area contributed by atoms with Gasteiger partial charge in [-0.3, -0.25) is 4.90 Å². The third-order valence-corrected chi connectivity index (χ3v) is 5.63. The van der Waals surface area contributed by atoms with E-state index >= 15 is 0 Å². The van der Waals surface area contributed by atoms with Crippen LogP contribution >= 0.6 is 23.2 Å². The van der Waals surface area contributed by atoms with E-state index in [1.807, 2.05) is 0 Å². The number of guanidine groups is 1. The number of halogens is 5. The molecule has 0 bridgehead atoms. The van der Waals surface area contributed by atoms with Crippen molar-refractivity contribution in [2.24, 2.45) is 10.1 Å². The number of ether oxygens (including phenoxy) is 1. The van der Waals surface area contributed by atoms with Crippen molar-refractivity contribution in [2.45, 2.75) is 19.6 Å². The minimum atomic E-state index is -3.25. The molecule has 1 atom stereocenters. The van der Waals surface area contributed by atoms with Crippen LogP contribution in [0.25, 0.3) is 0 Å². The number of amides is 1. The van der Waals surface area contributed by atoms with Gasteiger partial charge in [0.2, 0.25) is 12.2 Å². The highest BCUT2D eigenvalue weighted by atomic mass is 35.5. The maximum absolute atomic E-state index is 14.7. The van der Waals surface area contributed by atoms with Gasteiger partial charge in [0.15, 0.2) is 11.6 Å². The lowest BCUT2D eigenvalue weighted by molar-refractivity contribution is -0.0521. The highest BCUT2D eigenvalue weighted by Gasteiger charge is 2.37. The number of hydrogen-bond donors (Lipinski definition) is 2. The van der Waals surface area contributed by atoms with E-state index in [1.165, 1.54) is 24.3 Å². The Hall–Kier alpha value is -3.69. The number of likely N-dealkylation sites (N-methyl/N-ethyl adjacent to an activating group) is 1. The Kier molecular flexibility index (Phi) is 8.26. The summed E-state index contributed by atoms with van der Waals surface area (Å²) in [5, 5.41) is 27.4. The van der Waals surface area contributed by atoms with Gasteiger partial charge in [-0.2, -0.15) is 19.1 Å². The van der Waals surface area contributed by atoms with Gasteiger partial charge < -0.3 is 15.2 Å². The molecule has 1 heterocycles. The van der Waals surface area contributed by atoms with Crippen LogP contribution in [0.3, 0.4) is 0 Å². The number of benzene rings is 2. The highest BCUT2D eigenvalue weighted by molar-refractivity contribution is 6.42. The fraction of sp³-hybridized carbons (Fsp3) is 0.238. The third-order valence-electron chi connectivity index (χ3n) is 4.89. The molecule has 2 aromatic rings. The van der Waals surface area contributed by atoms with Crippen LogP contribution in [-0.2, 0) is 0 Å². The van der Waals surface area contributed by atoms with Gasteiger partial charge in [-0.05, 0) is 31.2 Å². The van der Waals surface area contributed by atoms with E-state index in [0.29, 0.717) is 5.56 Å². The lowest BCUT2D eigenvalue weighted by Gasteiger charge is -2.26. The van der Waals surface area contributed by atoms with Gasteiger partial charge in [-0.15, -0.1) is 4.99 Å². The Morgan fingerprint density at radius 2 is 2.14 bits per heavy atom. The number of anilines is 1. The van der Waals surface area contributed by atoms with E-state index in [-0.39, 0.29) is 40.5 Å². The summed E-state index contributed by atoms with van der Waals surface area (Å²) in [5.74, 6) is -2.14. The molecule has 3 rings (SSSR count). The first kappa shape index (κ1) is 25.9. The molecule has 0 saturated heterocycles. The first-order valence-corrected chi connectivity index (χ1v) is 10.7. The topological polar surface area (TPSA) is 114 Å². The van der Waals surface area contributed by atoms with Crippen LogP contribution in [0.5, 0.6) is 5.75 Å². The van der Waals surface area contributed by atoms with Crippen molar-refractivity contribution in [3.8, 4) is 11.9 Å². The predicted octanol–water partition coefficient (Wildman–Crippen LogP) is 5.07. The van der Waals surface area contributed by atoms with Crippen molar-refractivity contribution < 1.29 is 27.8 Å². The van der Waals surface area contributed by atoms with E-state index in [1.54, 1.807) is 19.2 Å². The molecule has 2 N–H and O–H groups in total. The summed E-state index contributed by atoms with van der Waals surface area (Å²) < 4.78 is 44.0. The van der Waals surface area contributed by atoms with Crippen LogP contribution < -0.4 is 10.1 Å². The first-order chi connectivity index (χ1) is 16.7. The fourth-order valence-electron chi connectivity index (χ4n) is 3.37. The molecule has 1 aliphatic rings. The van der Waals surface area contributed by atoms with Crippen LogP contribution in [0.15, 0.2) is 46.5 Å². The van der Waals surface area contributed by atoms with Crippen LogP contribution in [0.4, 0.5) is 23.7 Å². The molecular weight excluding hydrogens is 512 g/mol. The van der Waals surface area contributed by atoms with Crippen molar-refractivity contribution in [1.82, 2.24) is 9.91 Å². The van der Waals surface area contributed by atoms with Crippen LogP contribution in [0.1, 0.15) is 12.5 Å². The van der Waals surface area contributed by atoms with E-state index in [4.69, 9.17) is 23.2 Å². The standard InChI is InChI=1S/C21H17Cl2F3N6O3/c1-2-31(21(33)34)15-9-32(30-18(15)11-6-7-12(22)13(23)8-11)20(28-10-27)29-14-4-3-5-16(17(14)24)35-19(25)26/h3-8,15,19H,2,9H2,1H3,(H,28,29)(H,33,34). The average Bonchev–Trinajstić information content (AvgIpc) is 3.22. The number of hydrazone groups is 1. The molecule has 0 fully saturated rings. The predicted molar refractivity (Wildman–Crippen MR) is 124 cm³/mol. The van der Waals surface area contributed by atoms with Crippen LogP contribution in [-0.4, -0.2) is 58.5 Å². The molecule has 1 aliphatic heterocycles. The number of hydrogen-bond acceptors (Lipinski definition) is 5. The minimum absolute atomic E-state index is 0.0991. The normalized spacial score (nSPS) is 15.6. The number of carbonyl (C=O) groups is 1. The quantitative estimate of drug-likeness (QED) is 0.307. The molecule has 14 heteroatoms. The lowest BCUT2D eigenvalue weighted by atomic mass is 10.0. The van der Waals surface area contributed by atoms with Gasteiger partial charge in [0.25, 0.3) is 0 Å². The Morgan fingerprint density at radius 3 is 2.74 bits per heavy atom. The summed E-state index contributed by atoms with van der Waals surface area (Å²) in [4.78, 5) is 16.6.